The summed E-state index contributed by atoms with van der Waals surface area (Å²) in [6, 6.07) is 5.24. The maximum atomic E-state index is 13.1. The number of aromatic nitrogens is 2. The fourth-order valence-electron chi connectivity index (χ4n) is 2.65. The van der Waals surface area contributed by atoms with Crippen molar-refractivity contribution < 1.29 is 22.7 Å². The van der Waals surface area contributed by atoms with Gasteiger partial charge in [-0.25, -0.2) is 4.98 Å². The zero-order valence-electron chi connectivity index (χ0n) is 14.5. The molecule has 1 aliphatic rings. The van der Waals surface area contributed by atoms with Crippen LogP contribution in [0.5, 0.6) is 0 Å². The van der Waals surface area contributed by atoms with Gasteiger partial charge in [0.05, 0.1) is 6.61 Å². The molecule has 0 fully saturated rings. The number of aryl methyl sites for hydroxylation is 1. The average Bonchev–Trinajstić information content (AvgIpc) is 2.61. The number of nitrogens with one attached hydrogen (secondary N) is 3. The number of anilines is 4. The maximum Gasteiger partial charge on any atom is 0.421 e. The average molecular weight is 381 g/mol. The highest BCUT2D eigenvalue weighted by atomic mass is 19.4. The van der Waals surface area contributed by atoms with Gasteiger partial charge in [-0.05, 0) is 30.2 Å². The minimum atomic E-state index is -4.57. The van der Waals surface area contributed by atoms with Crippen molar-refractivity contribution >= 4 is 29.0 Å². The molecule has 1 aliphatic heterocycles. The fraction of sp³-hybridized carbons (Fsp3) is 0.353. The number of carbonyl (C=O) groups is 1. The summed E-state index contributed by atoms with van der Waals surface area (Å²) < 4.78 is 44.2. The molecule has 0 saturated carbocycles. The number of carbonyl (C=O) groups excluding carboxylic acids is 1. The molecule has 2 heterocycles. The molecule has 0 bridgehead atoms. The van der Waals surface area contributed by atoms with Gasteiger partial charge in [0.15, 0.2) is 0 Å². The number of alkyl halides is 3. The van der Waals surface area contributed by atoms with Gasteiger partial charge in [-0.15, -0.1) is 0 Å². The van der Waals surface area contributed by atoms with E-state index in [9.17, 15) is 18.0 Å². The predicted molar refractivity (Wildman–Crippen MR) is 94.1 cm³/mol. The van der Waals surface area contributed by atoms with Crippen LogP contribution in [0.3, 0.4) is 0 Å². The van der Waals surface area contributed by atoms with E-state index in [0.29, 0.717) is 18.5 Å². The Morgan fingerprint density at radius 3 is 2.85 bits per heavy atom. The summed E-state index contributed by atoms with van der Waals surface area (Å²) >= 11 is 0. The molecule has 0 atom stereocenters. The van der Waals surface area contributed by atoms with Crippen molar-refractivity contribution in [3.63, 3.8) is 0 Å². The zero-order chi connectivity index (χ0) is 19.4. The Morgan fingerprint density at radius 2 is 2.11 bits per heavy atom. The minimum Gasteiger partial charge on any atom is -0.383 e. The molecule has 1 aromatic heterocycles. The SMILES string of the molecule is COCCNc1nc(Nc2ccc3c(c2)CCC(=O)N3)ncc1C(F)(F)F. The number of amides is 1. The third kappa shape index (κ3) is 4.64. The number of fused-ring (bicyclic) bond motifs is 1. The minimum absolute atomic E-state index is 0.0303. The van der Waals surface area contributed by atoms with Crippen LogP contribution in [0.1, 0.15) is 17.5 Å². The predicted octanol–water partition coefficient (Wildman–Crippen LogP) is 3.18. The number of nitrogens with zero attached hydrogens (tertiary/aromatic N) is 2. The highest BCUT2D eigenvalue weighted by molar-refractivity contribution is 5.94. The summed E-state index contributed by atoms with van der Waals surface area (Å²) in [7, 11) is 1.46. The third-order valence-electron chi connectivity index (χ3n) is 3.95. The lowest BCUT2D eigenvalue weighted by Crippen LogP contribution is -2.19. The monoisotopic (exact) mass is 381 g/mol. The van der Waals surface area contributed by atoms with Gasteiger partial charge in [-0.1, -0.05) is 0 Å². The molecule has 10 heteroatoms. The molecular formula is C17H18F3N5O2. The number of benzene rings is 1. The molecule has 7 nitrogen and oxygen atoms in total. The standard InChI is InChI=1S/C17H18F3N5O2/c1-27-7-6-21-15-12(17(18,19)20)9-22-16(25-15)23-11-3-4-13-10(8-11)2-5-14(26)24-13/h3-4,8-9H,2,5-7H2,1H3,(H,24,26)(H2,21,22,23,25). The van der Waals surface area contributed by atoms with Crippen molar-refractivity contribution in [2.75, 3.05) is 36.2 Å². The summed E-state index contributed by atoms with van der Waals surface area (Å²) in [5.41, 5.74) is 1.34. The van der Waals surface area contributed by atoms with Crippen LogP contribution in [0.25, 0.3) is 0 Å². The summed E-state index contributed by atoms with van der Waals surface area (Å²) in [4.78, 5) is 19.1. The highest BCUT2D eigenvalue weighted by Crippen LogP contribution is 2.34. The van der Waals surface area contributed by atoms with Crippen molar-refractivity contribution in [1.29, 1.82) is 0 Å². The molecule has 0 spiro atoms. The molecule has 2 aromatic rings. The van der Waals surface area contributed by atoms with E-state index in [0.717, 1.165) is 17.4 Å². The molecule has 1 amide bonds. The summed E-state index contributed by atoms with van der Waals surface area (Å²) in [5, 5.41) is 8.29. The molecule has 27 heavy (non-hydrogen) atoms. The second-order valence-corrected chi connectivity index (χ2v) is 5.92. The van der Waals surface area contributed by atoms with Crippen LogP contribution < -0.4 is 16.0 Å². The van der Waals surface area contributed by atoms with E-state index in [2.05, 4.69) is 25.9 Å². The van der Waals surface area contributed by atoms with E-state index in [1.807, 2.05) is 6.07 Å². The van der Waals surface area contributed by atoms with Gasteiger partial charge < -0.3 is 20.7 Å². The zero-order valence-corrected chi connectivity index (χ0v) is 14.5. The largest absolute Gasteiger partial charge is 0.421 e. The first-order valence-corrected chi connectivity index (χ1v) is 8.23. The number of halogens is 3. The Kier molecular flexibility index (Phi) is 5.45. The molecule has 144 valence electrons. The number of ether oxygens (including phenoxy) is 1. The topological polar surface area (TPSA) is 88.2 Å². The number of methoxy groups -OCH3 is 1. The van der Waals surface area contributed by atoms with E-state index < -0.39 is 11.7 Å². The number of hydrogen-bond acceptors (Lipinski definition) is 6. The maximum absolute atomic E-state index is 13.1. The van der Waals surface area contributed by atoms with Crippen LogP contribution in [-0.2, 0) is 22.1 Å². The van der Waals surface area contributed by atoms with Crippen LogP contribution in [0.15, 0.2) is 24.4 Å². The van der Waals surface area contributed by atoms with Gasteiger partial charge in [-0.2, -0.15) is 18.2 Å². The van der Waals surface area contributed by atoms with Gasteiger partial charge in [0.25, 0.3) is 0 Å². The van der Waals surface area contributed by atoms with Crippen molar-refractivity contribution in [2.45, 2.75) is 19.0 Å². The second-order valence-electron chi connectivity index (χ2n) is 5.92. The Labute approximate surface area is 153 Å². The summed E-state index contributed by atoms with van der Waals surface area (Å²) in [5.74, 6) is -0.328. The highest BCUT2D eigenvalue weighted by Gasteiger charge is 2.35. The van der Waals surface area contributed by atoms with Crippen molar-refractivity contribution in [1.82, 2.24) is 9.97 Å². The van der Waals surface area contributed by atoms with Gasteiger partial charge >= 0.3 is 6.18 Å². The van der Waals surface area contributed by atoms with Crippen LogP contribution in [0, 0.1) is 0 Å². The lowest BCUT2D eigenvalue weighted by atomic mass is 10.0. The fourth-order valence-corrected chi connectivity index (χ4v) is 2.65. The van der Waals surface area contributed by atoms with Crippen LogP contribution in [-0.4, -0.2) is 36.1 Å². The lowest BCUT2D eigenvalue weighted by Gasteiger charge is -2.18. The molecule has 0 aliphatic carbocycles. The lowest BCUT2D eigenvalue weighted by molar-refractivity contribution is -0.137. The van der Waals surface area contributed by atoms with Crippen molar-refractivity contribution in [3.05, 3.63) is 35.5 Å². The van der Waals surface area contributed by atoms with Gasteiger partial charge in [0.2, 0.25) is 11.9 Å². The van der Waals surface area contributed by atoms with Crippen LogP contribution >= 0.6 is 0 Å². The van der Waals surface area contributed by atoms with E-state index in [4.69, 9.17) is 4.74 Å². The van der Waals surface area contributed by atoms with Crippen LogP contribution in [0.4, 0.5) is 36.3 Å². The first-order chi connectivity index (χ1) is 12.9. The molecule has 0 unspecified atom stereocenters. The van der Waals surface area contributed by atoms with Gasteiger partial charge in [0, 0.05) is 37.6 Å². The van der Waals surface area contributed by atoms with E-state index in [-0.39, 0.29) is 30.8 Å². The van der Waals surface area contributed by atoms with Crippen molar-refractivity contribution in [2.24, 2.45) is 0 Å². The number of rotatable bonds is 6. The Bertz CT molecular complexity index is 842. The Hall–Kier alpha value is -2.88. The van der Waals surface area contributed by atoms with Crippen molar-refractivity contribution in [3.8, 4) is 0 Å². The summed E-state index contributed by atoms with van der Waals surface area (Å²) in [6.07, 6.45) is -2.85. The molecule has 3 N–H and O–H groups in total. The van der Waals surface area contributed by atoms with E-state index in [1.54, 1.807) is 12.1 Å². The first-order valence-electron chi connectivity index (χ1n) is 8.23. The Morgan fingerprint density at radius 1 is 1.30 bits per heavy atom. The molecule has 1 aromatic carbocycles. The second kappa shape index (κ2) is 7.78. The molecule has 0 saturated heterocycles. The smallest absolute Gasteiger partial charge is 0.383 e. The quantitative estimate of drug-likeness (QED) is 0.666. The normalized spacial score (nSPS) is 13.7. The molecular weight excluding hydrogens is 363 g/mol. The molecule has 0 radical (unpaired) electrons. The van der Waals surface area contributed by atoms with E-state index in [1.165, 1.54) is 7.11 Å². The Balaban J connectivity index is 1.82. The molecule has 3 rings (SSSR count). The van der Waals surface area contributed by atoms with E-state index >= 15 is 0 Å². The summed E-state index contributed by atoms with van der Waals surface area (Å²) in [6.45, 7) is 0.412. The van der Waals surface area contributed by atoms with Gasteiger partial charge in [0.1, 0.15) is 11.4 Å². The number of hydrogen-bond donors (Lipinski definition) is 3. The third-order valence-corrected chi connectivity index (χ3v) is 3.95. The van der Waals surface area contributed by atoms with Gasteiger partial charge in [-0.3, -0.25) is 4.79 Å². The first kappa shape index (κ1) is 18.9. The van der Waals surface area contributed by atoms with Crippen LogP contribution in [0.2, 0.25) is 0 Å².